The van der Waals surface area contributed by atoms with Crippen LogP contribution >= 0.6 is 23.4 Å². The minimum atomic E-state index is -0.599. The quantitative estimate of drug-likeness (QED) is 0.466. The van der Waals surface area contributed by atoms with Gasteiger partial charge in [0.05, 0.1) is 5.75 Å². The number of benzene rings is 1. The fourth-order valence-corrected chi connectivity index (χ4v) is 2.37. The van der Waals surface area contributed by atoms with Gasteiger partial charge in [-0.2, -0.15) is 5.26 Å². The molecule has 0 heterocycles. The van der Waals surface area contributed by atoms with Gasteiger partial charge in [0.15, 0.2) is 6.61 Å². The zero-order valence-electron chi connectivity index (χ0n) is 12.0. The average Bonchev–Trinajstić information content (AvgIpc) is 2.47. The van der Waals surface area contributed by atoms with Crippen LogP contribution in [0.15, 0.2) is 35.5 Å². The van der Waals surface area contributed by atoms with Crippen molar-refractivity contribution in [1.82, 2.24) is 0 Å². The first kappa shape index (κ1) is 18.1. The number of carbonyl (C=O) groups excluding carboxylic acids is 2. The fraction of sp³-hybridized carbons (Fsp3) is 0.267. The largest absolute Gasteiger partial charge is 0.457 e. The van der Waals surface area contributed by atoms with Crippen molar-refractivity contribution in [3.8, 4) is 6.07 Å². The van der Waals surface area contributed by atoms with E-state index in [-0.39, 0.29) is 17.0 Å². The van der Waals surface area contributed by atoms with Gasteiger partial charge in [-0.15, -0.1) is 11.8 Å². The molecule has 0 aliphatic rings. The van der Waals surface area contributed by atoms with E-state index in [0.717, 1.165) is 5.56 Å². The normalized spacial score (nSPS) is 11.3. The molecule has 0 atom stereocenters. The van der Waals surface area contributed by atoms with Crippen LogP contribution in [0.1, 0.15) is 12.5 Å². The van der Waals surface area contributed by atoms with Gasteiger partial charge >= 0.3 is 5.97 Å². The molecule has 0 amide bonds. The Balaban J connectivity index is 2.32. The topological polar surface area (TPSA) is 93.2 Å². The molecule has 0 fully saturated rings. The number of thioether (sulfide) groups is 1. The molecule has 0 radical (unpaired) electrons. The van der Waals surface area contributed by atoms with Gasteiger partial charge in [0.25, 0.3) is 0 Å². The molecule has 0 saturated carbocycles. The number of rotatable bonds is 7. The van der Waals surface area contributed by atoms with Gasteiger partial charge in [-0.1, -0.05) is 23.7 Å². The van der Waals surface area contributed by atoms with Crippen LogP contribution in [-0.4, -0.2) is 24.1 Å². The highest BCUT2D eigenvalue weighted by atomic mass is 35.5. The Morgan fingerprint density at radius 2 is 2.00 bits per heavy atom. The molecule has 0 unspecified atom stereocenters. The van der Waals surface area contributed by atoms with Crippen LogP contribution in [0.25, 0.3) is 0 Å². The summed E-state index contributed by atoms with van der Waals surface area (Å²) >= 11 is 7.14. The molecule has 7 heteroatoms. The number of nitrogens with two attached hydrogens (primary N) is 1. The number of hydrogen-bond donors (Lipinski definition) is 1. The predicted octanol–water partition coefficient (Wildman–Crippen LogP) is 2.44. The Kier molecular flexibility index (Phi) is 7.50. The summed E-state index contributed by atoms with van der Waals surface area (Å²) in [5.74, 6) is -0.368. The first-order valence-electron chi connectivity index (χ1n) is 6.31. The number of halogens is 1. The third kappa shape index (κ3) is 6.20. The van der Waals surface area contributed by atoms with Crippen molar-refractivity contribution in [2.24, 2.45) is 5.73 Å². The molecular weight excluding hydrogens is 324 g/mol. The summed E-state index contributed by atoms with van der Waals surface area (Å²) in [5.41, 5.74) is 6.36. The lowest BCUT2D eigenvalue weighted by Crippen LogP contribution is -2.18. The second-order valence-corrected chi connectivity index (χ2v) is 5.79. The molecule has 0 aliphatic carbocycles. The van der Waals surface area contributed by atoms with E-state index in [0.29, 0.717) is 10.8 Å². The van der Waals surface area contributed by atoms with Crippen LogP contribution in [0.5, 0.6) is 0 Å². The molecule has 0 saturated heterocycles. The third-order valence-electron chi connectivity index (χ3n) is 2.55. The number of carbonyl (C=O) groups is 2. The van der Waals surface area contributed by atoms with Crippen molar-refractivity contribution >= 4 is 35.1 Å². The summed E-state index contributed by atoms with van der Waals surface area (Å²) in [4.78, 5) is 23.1. The maximum absolute atomic E-state index is 11.6. The number of ether oxygens (including phenoxy) is 1. The number of nitrogens with zero attached hydrogens (tertiary/aromatic N) is 1. The van der Waals surface area contributed by atoms with E-state index in [4.69, 9.17) is 27.3 Å². The summed E-state index contributed by atoms with van der Waals surface area (Å²) in [5, 5.41) is 9.41. The van der Waals surface area contributed by atoms with Crippen LogP contribution in [0, 0.1) is 11.3 Å². The van der Waals surface area contributed by atoms with E-state index in [1.807, 2.05) is 12.1 Å². The molecule has 1 aromatic carbocycles. The molecule has 0 bridgehead atoms. The lowest BCUT2D eigenvalue weighted by molar-refractivity contribution is -0.144. The summed E-state index contributed by atoms with van der Waals surface area (Å²) < 4.78 is 4.82. The van der Waals surface area contributed by atoms with Gasteiger partial charge in [-0.05, 0) is 24.6 Å². The maximum Gasteiger partial charge on any atom is 0.316 e. The molecule has 5 nitrogen and oxygen atoms in total. The van der Waals surface area contributed by atoms with Crippen molar-refractivity contribution in [3.05, 3.63) is 46.1 Å². The van der Waals surface area contributed by atoms with E-state index < -0.39 is 18.4 Å². The standard InChI is InChI=1S/C15H15ClN2O3S/c1-10(18)13(6-17)14(19)7-21-15(20)9-22-8-11-2-4-12(16)5-3-11/h2-5H,7-9,18H2,1H3/b13-10+. The summed E-state index contributed by atoms with van der Waals surface area (Å²) in [7, 11) is 0. The van der Waals surface area contributed by atoms with Crippen molar-refractivity contribution in [2.45, 2.75) is 12.7 Å². The minimum Gasteiger partial charge on any atom is -0.457 e. The molecule has 0 aromatic heterocycles. The van der Waals surface area contributed by atoms with Crippen molar-refractivity contribution in [2.75, 3.05) is 12.4 Å². The zero-order valence-corrected chi connectivity index (χ0v) is 13.5. The van der Waals surface area contributed by atoms with Gasteiger partial charge in [0.1, 0.15) is 11.6 Å². The SMILES string of the molecule is C/C(N)=C(/C#N)C(=O)COC(=O)CSCc1ccc(Cl)cc1. The first-order chi connectivity index (χ1) is 10.4. The lowest BCUT2D eigenvalue weighted by atomic mass is 10.1. The Morgan fingerprint density at radius 3 is 2.55 bits per heavy atom. The fourth-order valence-electron chi connectivity index (χ4n) is 1.46. The zero-order chi connectivity index (χ0) is 16.5. The predicted molar refractivity (Wildman–Crippen MR) is 86.1 cm³/mol. The second kappa shape index (κ2) is 9.13. The molecule has 1 rings (SSSR count). The minimum absolute atomic E-state index is 0.112. The van der Waals surface area contributed by atoms with Crippen LogP contribution in [0.3, 0.4) is 0 Å². The summed E-state index contributed by atoms with van der Waals surface area (Å²) in [6, 6.07) is 8.99. The Labute approximate surface area is 138 Å². The summed E-state index contributed by atoms with van der Waals surface area (Å²) in [6.45, 7) is 0.970. The molecule has 22 heavy (non-hydrogen) atoms. The number of hydrogen-bond acceptors (Lipinski definition) is 6. The first-order valence-corrected chi connectivity index (χ1v) is 7.84. The van der Waals surface area contributed by atoms with Crippen molar-refractivity contribution in [1.29, 1.82) is 5.26 Å². The smallest absolute Gasteiger partial charge is 0.316 e. The van der Waals surface area contributed by atoms with Gasteiger partial charge in [0, 0.05) is 16.5 Å². The van der Waals surface area contributed by atoms with E-state index in [9.17, 15) is 9.59 Å². The number of allylic oxidation sites excluding steroid dienone is 1. The van der Waals surface area contributed by atoms with E-state index in [1.165, 1.54) is 18.7 Å². The Hall–Kier alpha value is -1.97. The lowest BCUT2D eigenvalue weighted by Gasteiger charge is -2.05. The van der Waals surface area contributed by atoms with Crippen LogP contribution in [0.4, 0.5) is 0 Å². The molecular formula is C15H15ClN2O3S. The van der Waals surface area contributed by atoms with Gasteiger partial charge in [-0.25, -0.2) is 0 Å². The molecule has 0 aliphatic heterocycles. The molecule has 0 spiro atoms. The highest BCUT2D eigenvalue weighted by Crippen LogP contribution is 2.15. The van der Waals surface area contributed by atoms with Gasteiger partial charge < -0.3 is 10.5 Å². The van der Waals surface area contributed by atoms with E-state index >= 15 is 0 Å². The number of esters is 1. The monoisotopic (exact) mass is 338 g/mol. The molecule has 2 N–H and O–H groups in total. The maximum atomic E-state index is 11.6. The number of Topliss-reactive ketones (excluding diaryl/α,β-unsaturated/α-hetero) is 1. The van der Waals surface area contributed by atoms with E-state index in [1.54, 1.807) is 18.2 Å². The van der Waals surface area contributed by atoms with Crippen molar-refractivity contribution in [3.63, 3.8) is 0 Å². The second-order valence-electron chi connectivity index (χ2n) is 4.37. The highest BCUT2D eigenvalue weighted by molar-refractivity contribution is 7.99. The van der Waals surface area contributed by atoms with Crippen LogP contribution < -0.4 is 5.73 Å². The number of nitriles is 1. The van der Waals surface area contributed by atoms with Crippen LogP contribution in [-0.2, 0) is 20.1 Å². The molecule has 1 aromatic rings. The third-order valence-corrected chi connectivity index (χ3v) is 3.78. The highest BCUT2D eigenvalue weighted by Gasteiger charge is 2.14. The Bertz CT molecular complexity index is 617. The summed E-state index contributed by atoms with van der Waals surface area (Å²) in [6.07, 6.45) is 0. The average molecular weight is 339 g/mol. The van der Waals surface area contributed by atoms with Crippen molar-refractivity contribution < 1.29 is 14.3 Å². The number of ketones is 1. The van der Waals surface area contributed by atoms with Gasteiger partial charge in [0.2, 0.25) is 5.78 Å². The van der Waals surface area contributed by atoms with E-state index in [2.05, 4.69) is 0 Å². The van der Waals surface area contributed by atoms with Crippen LogP contribution in [0.2, 0.25) is 5.02 Å². The van der Waals surface area contributed by atoms with Gasteiger partial charge in [-0.3, -0.25) is 9.59 Å². The Morgan fingerprint density at radius 1 is 1.36 bits per heavy atom. The molecule has 116 valence electrons.